The molecule has 8 heteroatoms. The number of aliphatic hydroxyl groups is 1. The summed E-state index contributed by atoms with van der Waals surface area (Å²) in [5.74, 6) is -1.40. The van der Waals surface area contributed by atoms with Crippen LogP contribution in [0.4, 0.5) is 20.3 Å². The number of nitro groups is 1. The fraction of sp³-hybridized carbons (Fsp3) is 0.214. The highest BCUT2D eigenvalue weighted by Crippen LogP contribution is 2.22. The highest BCUT2D eigenvalue weighted by Gasteiger charge is 2.18. The maximum atomic E-state index is 13.5. The Labute approximate surface area is 124 Å². The zero-order valence-electron chi connectivity index (χ0n) is 11.6. The molecule has 1 atom stereocenters. The topological polar surface area (TPSA) is 88.3 Å². The van der Waals surface area contributed by atoms with Gasteiger partial charge in [0.15, 0.2) is 0 Å². The van der Waals surface area contributed by atoms with Crippen LogP contribution < -0.4 is 5.32 Å². The van der Waals surface area contributed by atoms with Gasteiger partial charge in [0.2, 0.25) is 0 Å². The number of halogens is 2. The fourth-order valence-corrected chi connectivity index (χ4v) is 1.97. The second kappa shape index (κ2) is 6.44. The molecule has 0 bridgehead atoms. The first kappa shape index (κ1) is 15.8. The number of nitrogens with one attached hydrogen (secondary N) is 1. The normalized spacial score (nSPS) is 12.0. The first-order chi connectivity index (χ1) is 10.4. The number of pyridine rings is 1. The number of aromatic nitrogens is 1. The molecular formula is C14H13F2N3O3. The summed E-state index contributed by atoms with van der Waals surface area (Å²) in [7, 11) is 0. The van der Waals surface area contributed by atoms with E-state index in [2.05, 4.69) is 10.3 Å². The predicted molar refractivity (Wildman–Crippen MR) is 75.4 cm³/mol. The van der Waals surface area contributed by atoms with E-state index < -0.39 is 28.2 Å². The van der Waals surface area contributed by atoms with Gasteiger partial charge < -0.3 is 10.4 Å². The van der Waals surface area contributed by atoms with Gasteiger partial charge in [-0.1, -0.05) is 6.07 Å². The van der Waals surface area contributed by atoms with E-state index in [1.54, 1.807) is 6.92 Å². The maximum absolute atomic E-state index is 13.5. The van der Waals surface area contributed by atoms with Crippen molar-refractivity contribution < 1.29 is 18.8 Å². The zero-order valence-corrected chi connectivity index (χ0v) is 11.6. The standard InChI is InChI=1S/C14H13F2N3O3/c1-8-5-9(19(21)22)6-17-14(8)18-7-12(20)13-10(15)3-2-4-11(13)16/h2-6,12,20H,7H2,1H3,(H,17,18). The van der Waals surface area contributed by atoms with Gasteiger partial charge in [-0.05, 0) is 24.6 Å². The van der Waals surface area contributed by atoms with Crippen LogP contribution in [0.25, 0.3) is 0 Å². The molecule has 0 saturated heterocycles. The monoisotopic (exact) mass is 309 g/mol. The fourth-order valence-electron chi connectivity index (χ4n) is 1.97. The molecule has 0 radical (unpaired) electrons. The lowest BCUT2D eigenvalue weighted by molar-refractivity contribution is -0.385. The molecule has 6 nitrogen and oxygen atoms in total. The summed E-state index contributed by atoms with van der Waals surface area (Å²) in [5.41, 5.74) is -0.117. The number of rotatable bonds is 5. The number of hydrogen-bond acceptors (Lipinski definition) is 5. The zero-order chi connectivity index (χ0) is 16.3. The van der Waals surface area contributed by atoms with Crippen molar-refractivity contribution in [1.29, 1.82) is 0 Å². The molecule has 1 aromatic heterocycles. The van der Waals surface area contributed by atoms with Crippen LogP contribution in [0, 0.1) is 28.7 Å². The molecule has 0 saturated carbocycles. The largest absolute Gasteiger partial charge is 0.386 e. The molecule has 2 N–H and O–H groups in total. The Morgan fingerprint density at radius 1 is 1.41 bits per heavy atom. The Morgan fingerprint density at radius 3 is 2.59 bits per heavy atom. The van der Waals surface area contributed by atoms with Crippen molar-refractivity contribution in [2.45, 2.75) is 13.0 Å². The van der Waals surface area contributed by atoms with E-state index in [-0.39, 0.29) is 12.2 Å². The van der Waals surface area contributed by atoms with Gasteiger partial charge in [0, 0.05) is 12.6 Å². The SMILES string of the molecule is Cc1cc([N+](=O)[O-])cnc1NCC(O)c1c(F)cccc1F. The highest BCUT2D eigenvalue weighted by atomic mass is 19.1. The smallest absolute Gasteiger partial charge is 0.287 e. The summed E-state index contributed by atoms with van der Waals surface area (Å²) in [6.07, 6.45) is -0.358. The first-order valence-electron chi connectivity index (χ1n) is 6.37. The number of nitrogens with zero attached hydrogens (tertiary/aromatic N) is 2. The molecule has 0 aliphatic carbocycles. The van der Waals surface area contributed by atoms with Crippen LogP contribution in [0.2, 0.25) is 0 Å². The Kier molecular flexibility index (Phi) is 4.62. The van der Waals surface area contributed by atoms with E-state index in [4.69, 9.17) is 0 Å². The van der Waals surface area contributed by atoms with E-state index in [0.29, 0.717) is 11.4 Å². The summed E-state index contributed by atoms with van der Waals surface area (Å²) in [5, 5.41) is 23.2. The average Bonchev–Trinajstić information content (AvgIpc) is 2.45. The molecule has 0 spiro atoms. The van der Waals surface area contributed by atoms with E-state index in [1.165, 1.54) is 12.1 Å². The lowest BCUT2D eigenvalue weighted by Gasteiger charge is -2.15. The molecule has 0 aliphatic heterocycles. The summed E-state index contributed by atoms with van der Waals surface area (Å²) >= 11 is 0. The highest BCUT2D eigenvalue weighted by molar-refractivity contribution is 5.48. The van der Waals surface area contributed by atoms with Crippen LogP contribution >= 0.6 is 0 Å². The first-order valence-corrected chi connectivity index (χ1v) is 6.37. The Bertz CT molecular complexity index is 689. The summed E-state index contributed by atoms with van der Waals surface area (Å²) in [6, 6.07) is 4.62. The Morgan fingerprint density at radius 2 is 2.05 bits per heavy atom. The number of aliphatic hydroxyl groups excluding tert-OH is 1. The number of anilines is 1. The van der Waals surface area contributed by atoms with Gasteiger partial charge in [-0.3, -0.25) is 10.1 Å². The van der Waals surface area contributed by atoms with E-state index in [1.807, 2.05) is 0 Å². The predicted octanol–water partition coefficient (Wildman–Crippen LogP) is 2.72. The van der Waals surface area contributed by atoms with E-state index in [9.17, 15) is 24.0 Å². The van der Waals surface area contributed by atoms with Crippen molar-refractivity contribution in [1.82, 2.24) is 4.98 Å². The minimum Gasteiger partial charge on any atom is -0.386 e. The van der Waals surface area contributed by atoms with Crippen LogP contribution in [-0.2, 0) is 0 Å². The van der Waals surface area contributed by atoms with E-state index in [0.717, 1.165) is 18.3 Å². The summed E-state index contributed by atoms with van der Waals surface area (Å²) in [6.45, 7) is 1.40. The third kappa shape index (κ3) is 3.34. The Balaban J connectivity index is 2.11. The van der Waals surface area contributed by atoms with Crippen molar-refractivity contribution in [3.63, 3.8) is 0 Å². The average molecular weight is 309 g/mol. The molecule has 0 fully saturated rings. The molecule has 22 heavy (non-hydrogen) atoms. The summed E-state index contributed by atoms with van der Waals surface area (Å²) in [4.78, 5) is 13.9. The molecule has 116 valence electrons. The van der Waals surface area contributed by atoms with Crippen LogP contribution in [0.15, 0.2) is 30.5 Å². The summed E-state index contributed by atoms with van der Waals surface area (Å²) < 4.78 is 27.1. The molecule has 0 amide bonds. The second-order valence-electron chi connectivity index (χ2n) is 4.65. The second-order valence-corrected chi connectivity index (χ2v) is 4.65. The van der Waals surface area contributed by atoms with Crippen molar-refractivity contribution in [2.24, 2.45) is 0 Å². The number of aryl methyl sites for hydroxylation is 1. The molecule has 1 heterocycles. The van der Waals surface area contributed by atoms with Gasteiger partial charge >= 0.3 is 0 Å². The maximum Gasteiger partial charge on any atom is 0.287 e. The quantitative estimate of drug-likeness (QED) is 0.655. The van der Waals surface area contributed by atoms with Crippen LogP contribution in [0.3, 0.4) is 0 Å². The minimum atomic E-state index is -1.42. The van der Waals surface area contributed by atoms with Crippen molar-refractivity contribution in [3.05, 3.63) is 63.3 Å². The molecule has 1 unspecified atom stereocenters. The molecule has 2 aromatic rings. The molecule has 1 aromatic carbocycles. The van der Waals surface area contributed by atoms with Gasteiger partial charge in [-0.25, -0.2) is 13.8 Å². The molecule has 0 aliphatic rings. The third-order valence-electron chi connectivity index (χ3n) is 3.07. The van der Waals surface area contributed by atoms with E-state index >= 15 is 0 Å². The Hall–Kier alpha value is -2.61. The lowest BCUT2D eigenvalue weighted by atomic mass is 10.1. The van der Waals surface area contributed by atoms with Crippen molar-refractivity contribution >= 4 is 11.5 Å². The van der Waals surface area contributed by atoms with Gasteiger partial charge in [0.05, 0.1) is 10.5 Å². The lowest BCUT2D eigenvalue weighted by Crippen LogP contribution is -2.16. The van der Waals surface area contributed by atoms with Crippen LogP contribution in [-0.4, -0.2) is 21.6 Å². The molecular weight excluding hydrogens is 296 g/mol. The van der Waals surface area contributed by atoms with Gasteiger partial charge in [-0.2, -0.15) is 0 Å². The number of benzene rings is 1. The van der Waals surface area contributed by atoms with Crippen LogP contribution in [0.5, 0.6) is 0 Å². The van der Waals surface area contributed by atoms with Gasteiger partial charge in [0.1, 0.15) is 29.8 Å². The third-order valence-corrected chi connectivity index (χ3v) is 3.07. The van der Waals surface area contributed by atoms with Crippen molar-refractivity contribution in [2.75, 3.05) is 11.9 Å². The number of hydrogen-bond donors (Lipinski definition) is 2. The van der Waals surface area contributed by atoms with Crippen molar-refractivity contribution in [3.8, 4) is 0 Å². The van der Waals surface area contributed by atoms with Gasteiger partial charge in [0.25, 0.3) is 5.69 Å². The minimum absolute atomic E-state index is 0.163. The molecule has 2 rings (SSSR count). The van der Waals surface area contributed by atoms with Gasteiger partial charge in [-0.15, -0.1) is 0 Å². The van der Waals surface area contributed by atoms with Crippen LogP contribution in [0.1, 0.15) is 17.2 Å².